The van der Waals surface area contributed by atoms with Gasteiger partial charge in [0.2, 0.25) is 0 Å². The number of hydrogen-bond acceptors (Lipinski definition) is 3. The lowest BCUT2D eigenvalue weighted by atomic mass is 9.61. The van der Waals surface area contributed by atoms with Crippen LogP contribution in [0.1, 0.15) is 118 Å². The fourth-order valence-corrected chi connectivity index (χ4v) is 6.50. The molecule has 0 spiro atoms. The lowest BCUT2D eigenvalue weighted by Crippen LogP contribution is -2.34. The van der Waals surface area contributed by atoms with E-state index >= 15 is 0 Å². The number of rotatable bonds is 4. The average Bonchev–Trinajstić information content (AvgIpc) is 2.88. The zero-order valence-electron chi connectivity index (χ0n) is 28.2. The van der Waals surface area contributed by atoms with Crippen molar-refractivity contribution >= 4 is 0 Å². The van der Waals surface area contributed by atoms with E-state index < -0.39 is 5.41 Å². The molecule has 3 nitrogen and oxygen atoms in total. The van der Waals surface area contributed by atoms with Crippen LogP contribution in [0.15, 0.2) is 66.7 Å². The van der Waals surface area contributed by atoms with Gasteiger partial charge in [-0.15, -0.1) is 0 Å². The number of hydrogen-bond donors (Lipinski definition) is 3. The molecule has 4 aromatic carbocycles. The van der Waals surface area contributed by atoms with Gasteiger partial charge in [0.05, 0.1) is 5.41 Å². The summed E-state index contributed by atoms with van der Waals surface area (Å²) < 4.78 is 0. The van der Waals surface area contributed by atoms with Crippen LogP contribution >= 0.6 is 0 Å². The Kier molecular flexibility index (Phi) is 8.07. The van der Waals surface area contributed by atoms with Gasteiger partial charge in [-0.1, -0.05) is 146 Å². The highest BCUT2D eigenvalue weighted by Gasteiger charge is 2.47. The van der Waals surface area contributed by atoms with E-state index in [-0.39, 0.29) is 33.5 Å². The molecule has 0 atom stereocenters. The summed E-state index contributed by atoms with van der Waals surface area (Å²) in [5.74, 6) is 0.496. The van der Waals surface area contributed by atoms with Gasteiger partial charge in [0, 0.05) is 16.7 Å². The second-order valence-electron chi connectivity index (χ2n) is 15.5. The summed E-state index contributed by atoms with van der Waals surface area (Å²) >= 11 is 0. The number of benzene rings is 4. The Morgan fingerprint density at radius 2 is 0.651 bits per heavy atom. The Balaban J connectivity index is 2.44. The molecular weight excluding hydrogens is 528 g/mol. The fraction of sp³-hybridized carbons (Fsp3) is 0.400. The Labute approximate surface area is 259 Å². The van der Waals surface area contributed by atoms with E-state index in [0.29, 0.717) is 16.7 Å². The molecule has 0 aliphatic rings. The summed E-state index contributed by atoms with van der Waals surface area (Å²) in [6.45, 7) is 25.0. The summed E-state index contributed by atoms with van der Waals surface area (Å²) in [5.41, 5.74) is 5.81. The van der Waals surface area contributed by atoms with Gasteiger partial charge in [0.25, 0.3) is 0 Å². The third-order valence-electron chi connectivity index (χ3n) is 8.61. The van der Waals surface area contributed by atoms with E-state index in [1.54, 1.807) is 0 Å². The molecule has 0 amide bonds. The number of phenols is 3. The molecule has 0 bridgehead atoms. The molecule has 0 aromatic heterocycles. The quantitative estimate of drug-likeness (QED) is 0.211. The predicted octanol–water partition coefficient (Wildman–Crippen LogP) is 10.0. The molecule has 0 unspecified atom stereocenters. The zero-order valence-corrected chi connectivity index (χ0v) is 28.2. The van der Waals surface area contributed by atoms with Crippen molar-refractivity contribution in [3.63, 3.8) is 0 Å². The van der Waals surface area contributed by atoms with Crippen molar-refractivity contribution in [2.24, 2.45) is 0 Å². The lowest BCUT2D eigenvalue weighted by Gasteiger charge is -2.41. The molecule has 228 valence electrons. The average molecular weight is 579 g/mol. The smallest absolute Gasteiger partial charge is 0.124 e. The van der Waals surface area contributed by atoms with E-state index in [1.165, 1.54) is 0 Å². The van der Waals surface area contributed by atoms with Gasteiger partial charge >= 0.3 is 0 Å². The second-order valence-corrected chi connectivity index (χ2v) is 15.5. The molecule has 0 fully saturated rings. The Morgan fingerprint density at radius 1 is 0.395 bits per heavy atom. The molecule has 4 rings (SSSR count). The Hall–Kier alpha value is -3.72. The van der Waals surface area contributed by atoms with E-state index in [1.807, 2.05) is 87.5 Å². The van der Waals surface area contributed by atoms with Crippen LogP contribution in [0.2, 0.25) is 0 Å². The molecule has 3 heteroatoms. The Bertz CT molecular complexity index is 1490. The SMILES string of the molecule is Cc1cc(C(C)(C)C)c(O)c(C(c2ccccc2)(c2cc(C)cc(C(C)(C)C)c2O)c2cc(C)cc(C(C)(C)C)c2O)c1. The van der Waals surface area contributed by atoms with Gasteiger partial charge < -0.3 is 15.3 Å². The maximum atomic E-state index is 12.4. The number of aromatic hydroxyl groups is 3. The molecule has 0 heterocycles. The summed E-state index contributed by atoms with van der Waals surface area (Å²) in [7, 11) is 0. The van der Waals surface area contributed by atoms with Crippen LogP contribution in [0.4, 0.5) is 0 Å². The van der Waals surface area contributed by atoms with Crippen LogP contribution in [0.3, 0.4) is 0 Å². The largest absolute Gasteiger partial charge is 0.507 e. The van der Waals surface area contributed by atoms with Crippen molar-refractivity contribution in [3.8, 4) is 17.2 Å². The van der Waals surface area contributed by atoms with E-state index in [0.717, 1.165) is 38.9 Å². The van der Waals surface area contributed by atoms with E-state index in [4.69, 9.17) is 0 Å². The zero-order chi connectivity index (χ0) is 32.3. The monoisotopic (exact) mass is 578 g/mol. The van der Waals surface area contributed by atoms with Crippen LogP contribution in [0, 0.1) is 20.8 Å². The minimum atomic E-state index is -1.26. The van der Waals surface area contributed by atoms with E-state index in [9.17, 15) is 15.3 Å². The lowest BCUT2D eigenvalue weighted by molar-refractivity contribution is 0.411. The Morgan fingerprint density at radius 3 is 0.907 bits per heavy atom. The molecule has 0 saturated heterocycles. The molecule has 0 radical (unpaired) electrons. The van der Waals surface area contributed by atoms with Crippen molar-refractivity contribution in [2.45, 2.75) is 105 Å². The molecular formula is C40H50O3. The molecule has 0 aliphatic carbocycles. The van der Waals surface area contributed by atoms with Gasteiger partial charge in [-0.2, -0.15) is 0 Å². The first-order valence-corrected chi connectivity index (χ1v) is 15.3. The molecule has 4 aromatic rings. The third-order valence-corrected chi connectivity index (χ3v) is 8.61. The molecule has 3 N–H and O–H groups in total. The summed E-state index contributed by atoms with van der Waals surface area (Å²) in [6.07, 6.45) is 0. The first kappa shape index (κ1) is 32.2. The summed E-state index contributed by atoms with van der Waals surface area (Å²) in [4.78, 5) is 0. The normalized spacial score (nSPS) is 12.9. The topological polar surface area (TPSA) is 60.7 Å². The number of phenolic OH excluding ortho intramolecular Hbond substituents is 3. The highest BCUT2D eigenvalue weighted by atomic mass is 16.3. The van der Waals surface area contributed by atoms with Crippen LogP contribution in [0.5, 0.6) is 17.2 Å². The van der Waals surface area contributed by atoms with Crippen molar-refractivity contribution in [3.05, 3.63) is 122 Å². The summed E-state index contributed by atoms with van der Waals surface area (Å²) in [6, 6.07) is 22.2. The molecule has 0 saturated carbocycles. The van der Waals surface area contributed by atoms with Crippen molar-refractivity contribution in [2.75, 3.05) is 0 Å². The van der Waals surface area contributed by atoms with Crippen LogP contribution in [0.25, 0.3) is 0 Å². The standard InChI is InChI=1S/C40H50O3/c1-24-18-28(37(4,5)6)34(41)31(21-24)40(27-16-14-13-15-17-27,32-22-25(2)19-29(35(32)42)38(7,8)9)33-23-26(3)20-30(36(33)43)39(10,11)12/h13-23,41-43H,1-12H3. The van der Waals surface area contributed by atoms with Crippen LogP contribution in [-0.2, 0) is 21.7 Å². The van der Waals surface area contributed by atoms with Crippen LogP contribution < -0.4 is 0 Å². The van der Waals surface area contributed by atoms with Gasteiger partial charge in [-0.25, -0.2) is 0 Å². The van der Waals surface area contributed by atoms with Crippen LogP contribution in [-0.4, -0.2) is 15.3 Å². The second kappa shape index (κ2) is 10.8. The van der Waals surface area contributed by atoms with E-state index in [2.05, 4.69) is 62.3 Å². The van der Waals surface area contributed by atoms with Crippen molar-refractivity contribution < 1.29 is 15.3 Å². The van der Waals surface area contributed by atoms with Gasteiger partial charge in [-0.05, 0) is 59.3 Å². The van der Waals surface area contributed by atoms with Crippen molar-refractivity contribution in [1.29, 1.82) is 0 Å². The van der Waals surface area contributed by atoms with Gasteiger partial charge in [-0.3, -0.25) is 0 Å². The first-order chi connectivity index (χ1) is 19.7. The minimum Gasteiger partial charge on any atom is -0.507 e. The maximum absolute atomic E-state index is 12.4. The molecule has 0 aliphatic heterocycles. The number of aryl methyl sites for hydroxylation is 3. The van der Waals surface area contributed by atoms with Gasteiger partial charge in [0.1, 0.15) is 17.2 Å². The highest BCUT2D eigenvalue weighted by molar-refractivity contribution is 5.72. The highest BCUT2D eigenvalue weighted by Crippen LogP contribution is 2.57. The maximum Gasteiger partial charge on any atom is 0.124 e. The molecule has 43 heavy (non-hydrogen) atoms. The fourth-order valence-electron chi connectivity index (χ4n) is 6.50. The summed E-state index contributed by atoms with van der Waals surface area (Å²) in [5, 5.41) is 37.2. The minimum absolute atomic E-state index is 0.165. The first-order valence-electron chi connectivity index (χ1n) is 15.3. The predicted molar refractivity (Wildman–Crippen MR) is 180 cm³/mol. The van der Waals surface area contributed by atoms with Gasteiger partial charge in [0.15, 0.2) is 0 Å². The third kappa shape index (κ3) is 5.67. The van der Waals surface area contributed by atoms with Crippen molar-refractivity contribution in [1.82, 2.24) is 0 Å².